The van der Waals surface area contributed by atoms with Crippen molar-refractivity contribution >= 4 is 39.7 Å². The van der Waals surface area contributed by atoms with Crippen LogP contribution < -0.4 is 4.74 Å². The normalized spacial score (nSPS) is 10.8. The first-order chi connectivity index (χ1) is 11.5. The Morgan fingerprint density at radius 1 is 1.12 bits per heavy atom. The first-order valence-electron chi connectivity index (χ1n) is 6.91. The van der Waals surface area contributed by atoms with Gasteiger partial charge in [0.15, 0.2) is 5.15 Å². The molecule has 0 saturated carbocycles. The van der Waals surface area contributed by atoms with Gasteiger partial charge in [0, 0.05) is 29.3 Å². The van der Waals surface area contributed by atoms with E-state index in [0.29, 0.717) is 33.7 Å². The highest BCUT2D eigenvalue weighted by Crippen LogP contribution is 2.30. The number of hydrogen-bond donors (Lipinski definition) is 0. The van der Waals surface area contributed by atoms with Crippen molar-refractivity contribution in [2.75, 3.05) is 7.11 Å². The van der Waals surface area contributed by atoms with Crippen LogP contribution in [0.1, 0.15) is 11.3 Å². The van der Waals surface area contributed by atoms with Crippen LogP contribution in [0.25, 0.3) is 10.8 Å². The van der Waals surface area contributed by atoms with Crippen LogP contribution >= 0.6 is 23.2 Å². The summed E-state index contributed by atoms with van der Waals surface area (Å²) in [4.78, 5) is 10.5. The summed E-state index contributed by atoms with van der Waals surface area (Å²) < 4.78 is 5.13. The first kappa shape index (κ1) is 16.4. The molecule has 0 aliphatic heterocycles. The van der Waals surface area contributed by atoms with Crippen LogP contribution in [0, 0.1) is 10.1 Å². The van der Waals surface area contributed by atoms with E-state index in [1.165, 1.54) is 12.1 Å². The van der Waals surface area contributed by atoms with Crippen LogP contribution in [0.4, 0.5) is 5.69 Å². The fourth-order valence-electron chi connectivity index (χ4n) is 2.42. The van der Waals surface area contributed by atoms with Gasteiger partial charge < -0.3 is 4.74 Å². The molecule has 1 aromatic heterocycles. The summed E-state index contributed by atoms with van der Waals surface area (Å²) in [6, 6.07) is 9.89. The fourth-order valence-corrected chi connectivity index (χ4v) is 2.90. The number of non-ortho nitro benzene ring substituents is 1. The molecule has 6 nitrogen and oxygen atoms in total. The molecule has 122 valence electrons. The molecule has 2 aromatic carbocycles. The van der Waals surface area contributed by atoms with Gasteiger partial charge in [-0.3, -0.25) is 10.1 Å². The Morgan fingerprint density at radius 3 is 2.58 bits per heavy atom. The molecule has 8 heteroatoms. The molecule has 0 aliphatic carbocycles. The van der Waals surface area contributed by atoms with Crippen molar-refractivity contribution in [2.45, 2.75) is 6.42 Å². The predicted octanol–water partition coefficient (Wildman–Crippen LogP) is 4.44. The SMILES string of the molecule is COc1ccc(Cc2nnc(Cl)c3cc([N+](=O)[O-])ccc23)cc1Cl. The number of methoxy groups -OCH3 is 1. The Bertz CT molecular complexity index is 947. The Labute approximate surface area is 147 Å². The van der Waals surface area contributed by atoms with E-state index in [9.17, 15) is 10.1 Å². The van der Waals surface area contributed by atoms with Gasteiger partial charge in [-0.2, -0.15) is 5.10 Å². The van der Waals surface area contributed by atoms with Gasteiger partial charge in [-0.15, -0.1) is 5.10 Å². The van der Waals surface area contributed by atoms with Crippen LogP contribution in [0.3, 0.4) is 0 Å². The number of aromatic nitrogens is 2. The average Bonchev–Trinajstić information content (AvgIpc) is 2.57. The van der Waals surface area contributed by atoms with Gasteiger partial charge in [0.25, 0.3) is 5.69 Å². The molecule has 3 aromatic rings. The van der Waals surface area contributed by atoms with E-state index in [-0.39, 0.29) is 10.8 Å². The molecule has 0 spiro atoms. The van der Waals surface area contributed by atoms with E-state index in [2.05, 4.69) is 10.2 Å². The van der Waals surface area contributed by atoms with Crippen LogP contribution in [0.2, 0.25) is 10.2 Å². The van der Waals surface area contributed by atoms with Crippen molar-refractivity contribution in [3.8, 4) is 5.75 Å². The molecule has 0 saturated heterocycles. The van der Waals surface area contributed by atoms with Crippen LogP contribution in [-0.4, -0.2) is 22.2 Å². The van der Waals surface area contributed by atoms with Gasteiger partial charge >= 0.3 is 0 Å². The van der Waals surface area contributed by atoms with Crippen molar-refractivity contribution in [2.24, 2.45) is 0 Å². The Hall–Kier alpha value is -2.44. The molecule has 24 heavy (non-hydrogen) atoms. The second kappa shape index (κ2) is 6.59. The van der Waals surface area contributed by atoms with Gasteiger partial charge in [0.1, 0.15) is 5.75 Å². The highest BCUT2D eigenvalue weighted by atomic mass is 35.5. The summed E-state index contributed by atoms with van der Waals surface area (Å²) >= 11 is 12.2. The molecule has 3 rings (SSSR count). The van der Waals surface area contributed by atoms with E-state index >= 15 is 0 Å². The maximum Gasteiger partial charge on any atom is 0.270 e. The zero-order valence-electron chi connectivity index (χ0n) is 12.5. The quantitative estimate of drug-likeness (QED) is 0.505. The molecule has 0 bridgehead atoms. The van der Waals surface area contributed by atoms with Crippen LogP contribution in [0.5, 0.6) is 5.75 Å². The summed E-state index contributed by atoms with van der Waals surface area (Å²) in [5.74, 6) is 0.586. The lowest BCUT2D eigenvalue weighted by molar-refractivity contribution is -0.384. The molecule has 0 amide bonds. The molecule has 0 unspecified atom stereocenters. The lowest BCUT2D eigenvalue weighted by atomic mass is 10.0. The third-order valence-corrected chi connectivity index (χ3v) is 4.17. The van der Waals surface area contributed by atoms with Gasteiger partial charge in [-0.1, -0.05) is 29.3 Å². The first-order valence-corrected chi connectivity index (χ1v) is 7.67. The Kier molecular flexibility index (Phi) is 4.51. The summed E-state index contributed by atoms with van der Waals surface area (Å²) in [6.07, 6.45) is 0.461. The monoisotopic (exact) mass is 363 g/mol. The van der Waals surface area contributed by atoms with Crippen LogP contribution in [-0.2, 0) is 6.42 Å². The lowest BCUT2D eigenvalue weighted by Gasteiger charge is -2.08. The number of fused-ring (bicyclic) bond motifs is 1. The largest absolute Gasteiger partial charge is 0.495 e. The van der Waals surface area contributed by atoms with Crippen LogP contribution in [0.15, 0.2) is 36.4 Å². The highest BCUT2D eigenvalue weighted by molar-refractivity contribution is 6.34. The number of rotatable bonds is 4. The summed E-state index contributed by atoms with van der Waals surface area (Å²) in [7, 11) is 1.55. The average molecular weight is 364 g/mol. The fraction of sp³-hybridized carbons (Fsp3) is 0.125. The van der Waals surface area contributed by atoms with Crippen molar-refractivity contribution in [3.05, 3.63) is 67.9 Å². The number of benzene rings is 2. The van der Waals surface area contributed by atoms with Gasteiger partial charge in [0.05, 0.1) is 22.7 Å². The van der Waals surface area contributed by atoms with E-state index in [4.69, 9.17) is 27.9 Å². The van der Waals surface area contributed by atoms with Gasteiger partial charge in [0.2, 0.25) is 0 Å². The highest BCUT2D eigenvalue weighted by Gasteiger charge is 2.14. The smallest absolute Gasteiger partial charge is 0.270 e. The minimum absolute atomic E-state index is 0.0455. The summed E-state index contributed by atoms with van der Waals surface area (Å²) in [5, 5.41) is 20.8. The zero-order valence-corrected chi connectivity index (χ0v) is 14.0. The molecule has 0 atom stereocenters. The second-order valence-electron chi connectivity index (χ2n) is 5.07. The third-order valence-electron chi connectivity index (χ3n) is 3.59. The number of halogens is 2. The van der Waals surface area contributed by atoms with Gasteiger partial charge in [-0.05, 0) is 23.8 Å². The molecule has 0 radical (unpaired) electrons. The van der Waals surface area contributed by atoms with Crippen molar-refractivity contribution in [1.29, 1.82) is 0 Å². The minimum atomic E-state index is -0.473. The number of nitrogens with zero attached hydrogens (tertiary/aromatic N) is 3. The van der Waals surface area contributed by atoms with Crippen molar-refractivity contribution < 1.29 is 9.66 Å². The molecule has 0 fully saturated rings. The zero-order chi connectivity index (χ0) is 17.3. The van der Waals surface area contributed by atoms with E-state index < -0.39 is 4.92 Å². The summed E-state index contributed by atoms with van der Waals surface area (Å²) in [6.45, 7) is 0. The third kappa shape index (κ3) is 3.11. The maximum absolute atomic E-state index is 10.9. The maximum atomic E-state index is 10.9. The standard InChI is InChI=1S/C16H11Cl2N3O3/c1-24-15-5-2-9(6-13(15)17)7-14-11-4-3-10(21(22)23)8-12(11)16(18)20-19-14/h2-6,8H,7H2,1H3. The topological polar surface area (TPSA) is 78.2 Å². The molecular weight excluding hydrogens is 353 g/mol. The number of nitro groups is 1. The Balaban J connectivity index is 2.05. The van der Waals surface area contributed by atoms with E-state index in [1.807, 2.05) is 6.07 Å². The minimum Gasteiger partial charge on any atom is -0.495 e. The number of hydrogen-bond acceptors (Lipinski definition) is 5. The van der Waals surface area contributed by atoms with Crippen molar-refractivity contribution in [3.63, 3.8) is 0 Å². The molecule has 0 aliphatic rings. The second-order valence-corrected chi connectivity index (χ2v) is 5.84. The lowest BCUT2D eigenvalue weighted by Crippen LogP contribution is -1.99. The molecule has 0 N–H and O–H groups in total. The number of nitro benzene ring substituents is 1. The van der Waals surface area contributed by atoms with Crippen molar-refractivity contribution in [1.82, 2.24) is 10.2 Å². The summed E-state index contributed by atoms with van der Waals surface area (Å²) in [5.41, 5.74) is 1.53. The molecule has 1 heterocycles. The van der Waals surface area contributed by atoms with E-state index in [1.54, 1.807) is 25.3 Å². The Morgan fingerprint density at radius 2 is 1.92 bits per heavy atom. The predicted molar refractivity (Wildman–Crippen MR) is 92.0 cm³/mol. The van der Waals surface area contributed by atoms with Gasteiger partial charge in [-0.25, -0.2) is 0 Å². The number of ether oxygens (including phenoxy) is 1. The van der Waals surface area contributed by atoms with E-state index in [0.717, 1.165) is 5.56 Å². The molecular formula is C16H11Cl2N3O3.